The molecule has 1 aromatic carbocycles. The Labute approximate surface area is 123 Å². The predicted octanol–water partition coefficient (Wildman–Crippen LogP) is 4.85. The van der Waals surface area contributed by atoms with Crippen LogP contribution in [0.3, 0.4) is 0 Å². The van der Waals surface area contributed by atoms with E-state index in [0.29, 0.717) is 16.2 Å². The fraction of sp³-hybridized carbons (Fsp3) is 0.357. The molecule has 0 fully saturated rings. The van der Waals surface area contributed by atoms with Gasteiger partial charge in [-0.3, -0.25) is 0 Å². The number of hydrogen-bond acceptors (Lipinski definition) is 1. The number of rotatable bonds is 3. The highest BCUT2D eigenvalue weighted by Gasteiger charge is 2.30. The van der Waals surface area contributed by atoms with Gasteiger partial charge in [0.2, 0.25) is 0 Å². The molecule has 0 amide bonds. The summed E-state index contributed by atoms with van der Waals surface area (Å²) in [6.07, 6.45) is -3.51. The number of aromatic nitrogens is 2. The number of hydrogen-bond donors (Lipinski definition) is 0. The largest absolute Gasteiger partial charge is 0.416 e. The van der Waals surface area contributed by atoms with Gasteiger partial charge in [-0.15, -0.1) is 0 Å². The summed E-state index contributed by atoms with van der Waals surface area (Å²) in [4.78, 5) is 0. The van der Waals surface area contributed by atoms with Gasteiger partial charge in [0.1, 0.15) is 4.60 Å². The normalized spacial score (nSPS) is 12.2. The van der Waals surface area contributed by atoms with Crippen molar-refractivity contribution in [1.29, 1.82) is 0 Å². The smallest absolute Gasteiger partial charge is 0.237 e. The third kappa shape index (κ3) is 3.42. The lowest BCUT2D eigenvalue weighted by atomic mass is 10.1. The first-order chi connectivity index (χ1) is 9.27. The highest BCUT2D eigenvalue weighted by molar-refractivity contribution is 9.10. The minimum Gasteiger partial charge on any atom is -0.237 e. The Hall–Kier alpha value is -1.30. The molecule has 0 atom stereocenters. The summed E-state index contributed by atoms with van der Waals surface area (Å²) >= 11 is 3.30. The molecule has 0 aliphatic heterocycles. The van der Waals surface area contributed by atoms with E-state index in [1.165, 1.54) is 12.1 Å². The first-order valence-electron chi connectivity index (χ1n) is 6.19. The summed E-state index contributed by atoms with van der Waals surface area (Å²) in [7, 11) is 0. The highest BCUT2D eigenvalue weighted by atomic mass is 79.9. The van der Waals surface area contributed by atoms with Crippen LogP contribution >= 0.6 is 15.9 Å². The van der Waals surface area contributed by atoms with E-state index in [2.05, 4.69) is 34.9 Å². The van der Waals surface area contributed by atoms with E-state index in [1.54, 1.807) is 4.68 Å². The second-order valence-corrected chi connectivity index (χ2v) is 5.83. The van der Waals surface area contributed by atoms with Crippen molar-refractivity contribution in [1.82, 2.24) is 9.78 Å². The molecular weight excluding hydrogens is 333 g/mol. The van der Waals surface area contributed by atoms with Crippen molar-refractivity contribution in [2.45, 2.75) is 26.4 Å². The lowest BCUT2D eigenvalue weighted by Gasteiger charge is -2.11. The quantitative estimate of drug-likeness (QED) is 0.776. The third-order valence-corrected chi connectivity index (χ3v) is 3.20. The highest BCUT2D eigenvalue weighted by Crippen LogP contribution is 2.30. The van der Waals surface area contributed by atoms with Gasteiger partial charge in [-0.2, -0.15) is 18.3 Å². The molecular formula is C14H14BrF3N2. The van der Waals surface area contributed by atoms with Crippen LogP contribution in [0.5, 0.6) is 0 Å². The van der Waals surface area contributed by atoms with Gasteiger partial charge in [-0.05, 0) is 58.6 Å². The van der Waals surface area contributed by atoms with Crippen molar-refractivity contribution in [3.63, 3.8) is 0 Å². The number of alkyl halides is 3. The monoisotopic (exact) mass is 346 g/mol. The molecule has 1 heterocycles. The van der Waals surface area contributed by atoms with E-state index in [1.807, 2.05) is 6.07 Å². The van der Waals surface area contributed by atoms with Crippen LogP contribution in [0.4, 0.5) is 13.2 Å². The number of nitrogens with zero attached hydrogens (tertiary/aromatic N) is 2. The maximum Gasteiger partial charge on any atom is 0.416 e. The molecule has 6 heteroatoms. The average molecular weight is 347 g/mol. The zero-order valence-electron chi connectivity index (χ0n) is 11.1. The minimum atomic E-state index is -4.32. The Kier molecular flexibility index (Phi) is 4.22. The molecule has 0 saturated heterocycles. The summed E-state index contributed by atoms with van der Waals surface area (Å²) in [5.74, 6) is 0.437. The molecule has 0 radical (unpaired) electrons. The molecule has 0 saturated carbocycles. The molecule has 2 rings (SSSR count). The van der Waals surface area contributed by atoms with Gasteiger partial charge in [0.15, 0.2) is 0 Å². The average Bonchev–Trinajstić information content (AvgIpc) is 2.68. The molecule has 0 spiro atoms. The topological polar surface area (TPSA) is 17.8 Å². The molecule has 2 nitrogen and oxygen atoms in total. The van der Waals surface area contributed by atoms with Crippen LogP contribution in [0, 0.1) is 5.92 Å². The van der Waals surface area contributed by atoms with Crippen LogP contribution in [0.15, 0.2) is 34.9 Å². The molecule has 2 aromatic rings. The van der Waals surface area contributed by atoms with E-state index in [9.17, 15) is 13.2 Å². The first-order valence-corrected chi connectivity index (χ1v) is 6.98. The van der Waals surface area contributed by atoms with Crippen LogP contribution in [0.25, 0.3) is 5.69 Å². The summed E-state index contributed by atoms with van der Waals surface area (Å²) in [6, 6.07) is 6.91. The molecule has 0 bridgehead atoms. The van der Waals surface area contributed by atoms with Crippen molar-refractivity contribution in [3.8, 4) is 5.69 Å². The Morgan fingerprint density at radius 2 is 1.80 bits per heavy atom. The van der Waals surface area contributed by atoms with Crippen molar-refractivity contribution in [2.24, 2.45) is 5.92 Å². The van der Waals surface area contributed by atoms with Crippen LogP contribution in [0.2, 0.25) is 0 Å². The van der Waals surface area contributed by atoms with Gasteiger partial charge in [-0.25, -0.2) is 4.68 Å². The van der Waals surface area contributed by atoms with Crippen LogP contribution in [0.1, 0.15) is 25.1 Å². The standard InChI is InChI=1S/C14H14BrF3N2/c1-9(2)7-12-8-13(15)19-20(12)11-5-3-10(4-6-11)14(16,17)18/h3-6,8-9H,7H2,1-2H3. The Bertz CT molecular complexity index is 585. The number of benzene rings is 1. The van der Waals surface area contributed by atoms with Crippen molar-refractivity contribution in [3.05, 3.63) is 46.2 Å². The van der Waals surface area contributed by atoms with Gasteiger partial charge in [0.25, 0.3) is 0 Å². The Morgan fingerprint density at radius 1 is 1.20 bits per heavy atom. The lowest BCUT2D eigenvalue weighted by molar-refractivity contribution is -0.137. The van der Waals surface area contributed by atoms with Crippen LogP contribution in [-0.4, -0.2) is 9.78 Å². The molecule has 0 aliphatic rings. The predicted molar refractivity (Wildman–Crippen MR) is 74.8 cm³/mol. The SMILES string of the molecule is CC(C)Cc1cc(Br)nn1-c1ccc(C(F)(F)F)cc1. The maximum atomic E-state index is 12.5. The van der Waals surface area contributed by atoms with Gasteiger partial charge < -0.3 is 0 Å². The van der Waals surface area contributed by atoms with Crippen molar-refractivity contribution < 1.29 is 13.2 Å². The van der Waals surface area contributed by atoms with E-state index < -0.39 is 11.7 Å². The fourth-order valence-electron chi connectivity index (χ4n) is 1.97. The van der Waals surface area contributed by atoms with E-state index in [0.717, 1.165) is 24.2 Å². The molecule has 108 valence electrons. The number of halogens is 4. The van der Waals surface area contributed by atoms with E-state index >= 15 is 0 Å². The maximum absolute atomic E-state index is 12.5. The van der Waals surface area contributed by atoms with E-state index in [4.69, 9.17) is 0 Å². The Morgan fingerprint density at radius 3 is 2.30 bits per heavy atom. The van der Waals surface area contributed by atoms with Crippen molar-refractivity contribution in [2.75, 3.05) is 0 Å². The molecule has 20 heavy (non-hydrogen) atoms. The molecule has 1 aromatic heterocycles. The minimum absolute atomic E-state index is 0.437. The van der Waals surface area contributed by atoms with E-state index in [-0.39, 0.29) is 0 Å². The zero-order valence-corrected chi connectivity index (χ0v) is 12.7. The molecule has 0 unspecified atom stereocenters. The van der Waals surface area contributed by atoms with Crippen LogP contribution < -0.4 is 0 Å². The summed E-state index contributed by atoms with van der Waals surface area (Å²) in [5.41, 5.74) is 0.934. The van der Waals surface area contributed by atoms with Gasteiger partial charge >= 0.3 is 6.18 Å². The van der Waals surface area contributed by atoms with Crippen LogP contribution in [-0.2, 0) is 12.6 Å². The zero-order chi connectivity index (χ0) is 14.9. The third-order valence-electron chi connectivity index (χ3n) is 2.81. The van der Waals surface area contributed by atoms with Crippen molar-refractivity contribution >= 4 is 15.9 Å². The summed E-state index contributed by atoms with van der Waals surface area (Å²) in [5, 5.41) is 4.28. The van der Waals surface area contributed by atoms with Gasteiger partial charge in [-0.1, -0.05) is 13.8 Å². The van der Waals surface area contributed by atoms with Gasteiger partial charge in [0.05, 0.1) is 11.3 Å². The van der Waals surface area contributed by atoms with Gasteiger partial charge in [0, 0.05) is 5.69 Å². The second-order valence-electron chi connectivity index (χ2n) is 5.01. The molecule has 0 N–H and O–H groups in total. The summed E-state index contributed by atoms with van der Waals surface area (Å²) in [6.45, 7) is 4.16. The summed E-state index contributed by atoms with van der Waals surface area (Å²) < 4.78 is 40.0. The Balaban J connectivity index is 2.36. The lowest BCUT2D eigenvalue weighted by Crippen LogP contribution is -2.07. The first kappa shape index (κ1) is 15.1. The molecule has 0 aliphatic carbocycles. The fourth-order valence-corrected chi connectivity index (χ4v) is 2.39. The second kappa shape index (κ2) is 5.60.